The molecule has 0 fully saturated rings. The topological polar surface area (TPSA) is 24.9 Å². The van der Waals surface area contributed by atoms with Gasteiger partial charge in [0.25, 0.3) is 0 Å². The highest BCUT2D eigenvalue weighted by Crippen LogP contribution is 2.26. The molecule has 2 nitrogen and oxygen atoms in total. The molecule has 92 valence electrons. The van der Waals surface area contributed by atoms with Crippen molar-refractivity contribution in [3.63, 3.8) is 0 Å². The number of fused-ring (bicyclic) bond motifs is 1. The Labute approximate surface area is 108 Å². The molecule has 0 bridgehead atoms. The van der Waals surface area contributed by atoms with Crippen LogP contribution >= 0.6 is 0 Å². The average Bonchev–Trinajstić information content (AvgIpc) is 2.43. The third-order valence-corrected chi connectivity index (χ3v) is 3.22. The predicted octanol–water partition coefficient (Wildman–Crippen LogP) is 3.30. The van der Waals surface area contributed by atoms with Crippen LogP contribution in [0.3, 0.4) is 0 Å². The van der Waals surface area contributed by atoms with Crippen molar-refractivity contribution in [3.05, 3.63) is 42.1 Å². The molecule has 1 heterocycles. The molecule has 1 N–H and O–H groups in total. The number of unbranched alkanes of at least 4 members (excludes halogenated alkanes) is 1. The first kappa shape index (κ1) is 12.6. The van der Waals surface area contributed by atoms with Crippen molar-refractivity contribution in [1.82, 2.24) is 10.3 Å². The number of rotatable bonds is 5. The lowest BCUT2D eigenvalue weighted by Gasteiger charge is -2.18. The van der Waals surface area contributed by atoms with Crippen molar-refractivity contribution >= 4 is 10.9 Å². The monoisotopic (exact) mass is 238 g/mol. The SMILES string of the molecule is C#CCCCC(NC)c1cccc2ncccc12. The normalized spacial score (nSPS) is 12.2. The summed E-state index contributed by atoms with van der Waals surface area (Å²) in [5.74, 6) is 2.70. The lowest BCUT2D eigenvalue weighted by Crippen LogP contribution is -2.16. The van der Waals surface area contributed by atoms with Crippen molar-refractivity contribution < 1.29 is 0 Å². The van der Waals surface area contributed by atoms with Gasteiger partial charge >= 0.3 is 0 Å². The molecule has 0 radical (unpaired) electrons. The van der Waals surface area contributed by atoms with Crippen LogP contribution in [-0.2, 0) is 0 Å². The van der Waals surface area contributed by atoms with Crippen molar-refractivity contribution in [2.75, 3.05) is 7.05 Å². The first-order valence-electron chi connectivity index (χ1n) is 6.31. The molecule has 0 spiro atoms. The van der Waals surface area contributed by atoms with E-state index in [0.717, 1.165) is 24.8 Å². The zero-order valence-corrected chi connectivity index (χ0v) is 10.7. The summed E-state index contributed by atoms with van der Waals surface area (Å²) in [6.45, 7) is 0. The summed E-state index contributed by atoms with van der Waals surface area (Å²) < 4.78 is 0. The number of nitrogens with one attached hydrogen (secondary N) is 1. The molecule has 0 saturated heterocycles. The second kappa shape index (κ2) is 6.18. The molecule has 1 aromatic heterocycles. The fourth-order valence-corrected chi connectivity index (χ4v) is 2.29. The molecule has 2 aromatic rings. The number of nitrogens with zero attached hydrogens (tertiary/aromatic N) is 1. The Morgan fingerprint density at radius 3 is 3.00 bits per heavy atom. The van der Waals surface area contributed by atoms with E-state index in [1.165, 1.54) is 10.9 Å². The number of pyridine rings is 1. The lowest BCUT2D eigenvalue weighted by molar-refractivity contribution is 0.535. The van der Waals surface area contributed by atoms with E-state index in [0.29, 0.717) is 6.04 Å². The van der Waals surface area contributed by atoms with Gasteiger partial charge in [-0.05, 0) is 37.6 Å². The maximum atomic E-state index is 5.31. The summed E-state index contributed by atoms with van der Waals surface area (Å²) in [6, 6.07) is 10.7. The van der Waals surface area contributed by atoms with Gasteiger partial charge in [0.15, 0.2) is 0 Å². The maximum Gasteiger partial charge on any atom is 0.0705 e. The van der Waals surface area contributed by atoms with Gasteiger partial charge in [-0.3, -0.25) is 4.98 Å². The van der Waals surface area contributed by atoms with E-state index >= 15 is 0 Å². The van der Waals surface area contributed by atoms with E-state index in [1.807, 2.05) is 25.4 Å². The highest BCUT2D eigenvalue weighted by Gasteiger charge is 2.11. The molecule has 1 atom stereocenters. The van der Waals surface area contributed by atoms with Crippen LogP contribution in [0.4, 0.5) is 0 Å². The molecule has 0 aliphatic carbocycles. The fourth-order valence-electron chi connectivity index (χ4n) is 2.29. The number of hydrogen-bond donors (Lipinski definition) is 1. The first-order valence-corrected chi connectivity index (χ1v) is 6.31. The summed E-state index contributed by atoms with van der Waals surface area (Å²) in [7, 11) is 2.00. The molecule has 2 rings (SSSR count). The first-order chi connectivity index (χ1) is 8.86. The standard InChI is InChI=1S/C16H18N2/c1-3-4-5-10-15(17-2)13-8-6-11-16-14(13)9-7-12-18-16/h1,6-9,11-12,15,17H,4-5,10H2,2H3. The van der Waals surface area contributed by atoms with Crippen LogP contribution in [0.25, 0.3) is 10.9 Å². The van der Waals surface area contributed by atoms with Crippen LogP contribution < -0.4 is 5.32 Å². The van der Waals surface area contributed by atoms with Gasteiger partial charge in [-0.1, -0.05) is 18.2 Å². The Morgan fingerprint density at radius 2 is 2.22 bits per heavy atom. The van der Waals surface area contributed by atoms with E-state index in [1.54, 1.807) is 0 Å². The van der Waals surface area contributed by atoms with Gasteiger partial charge in [-0.25, -0.2) is 0 Å². The quantitative estimate of drug-likeness (QED) is 0.638. The van der Waals surface area contributed by atoms with E-state index in [4.69, 9.17) is 6.42 Å². The van der Waals surface area contributed by atoms with E-state index < -0.39 is 0 Å². The Morgan fingerprint density at radius 1 is 1.33 bits per heavy atom. The maximum absolute atomic E-state index is 5.31. The number of hydrogen-bond acceptors (Lipinski definition) is 2. The van der Waals surface area contributed by atoms with Crippen LogP contribution in [0.2, 0.25) is 0 Å². The molecular formula is C16H18N2. The van der Waals surface area contributed by atoms with Gasteiger partial charge in [0.2, 0.25) is 0 Å². The Balaban J connectivity index is 2.30. The molecule has 0 aliphatic heterocycles. The minimum Gasteiger partial charge on any atom is -0.313 e. The molecule has 1 unspecified atom stereocenters. The molecular weight excluding hydrogens is 220 g/mol. The molecule has 0 aliphatic rings. The highest BCUT2D eigenvalue weighted by molar-refractivity contribution is 5.82. The minimum atomic E-state index is 0.339. The Hall–Kier alpha value is -1.85. The highest BCUT2D eigenvalue weighted by atomic mass is 14.9. The largest absolute Gasteiger partial charge is 0.313 e. The summed E-state index contributed by atoms with van der Waals surface area (Å²) >= 11 is 0. The van der Waals surface area contributed by atoms with E-state index in [9.17, 15) is 0 Å². The summed E-state index contributed by atoms with van der Waals surface area (Å²) in [4.78, 5) is 4.39. The molecule has 1 aromatic carbocycles. The average molecular weight is 238 g/mol. The van der Waals surface area contributed by atoms with Crippen LogP contribution in [0, 0.1) is 12.3 Å². The zero-order chi connectivity index (χ0) is 12.8. The van der Waals surface area contributed by atoms with Gasteiger partial charge in [-0.15, -0.1) is 12.3 Å². The van der Waals surface area contributed by atoms with Crippen molar-refractivity contribution in [2.24, 2.45) is 0 Å². The third kappa shape index (κ3) is 2.69. The summed E-state index contributed by atoms with van der Waals surface area (Å²) in [6.07, 6.45) is 10.1. The smallest absolute Gasteiger partial charge is 0.0705 e. The molecule has 18 heavy (non-hydrogen) atoms. The van der Waals surface area contributed by atoms with E-state index in [-0.39, 0.29) is 0 Å². The number of aromatic nitrogens is 1. The third-order valence-electron chi connectivity index (χ3n) is 3.22. The van der Waals surface area contributed by atoms with Crippen molar-refractivity contribution in [2.45, 2.75) is 25.3 Å². The molecule has 0 saturated carbocycles. The number of terminal acetylenes is 1. The molecule has 0 amide bonds. The molecule has 2 heteroatoms. The van der Waals surface area contributed by atoms with Gasteiger partial charge in [0, 0.05) is 24.0 Å². The number of benzene rings is 1. The van der Waals surface area contributed by atoms with Crippen LogP contribution in [0.1, 0.15) is 30.9 Å². The zero-order valence-electron chi connectivity index (χ0n) is 10.7. The summed E-state index contributed by atoms with van der Waals surface area (Å²) in [5.41, 5.74) is 2.35. The predicted molar refractivity (Wildman–Crippen MR) is 76.2 cm³/mol. The van der Waals surface area contributed by atoms with Gasteiger partial charge in [0.05, 0.1) is 5.52 Å². The van der Waals surface area contributed by atoms with Crippen LogP contribution in [-0.4, -0.2) is 12.0 Å². The van der Waals surface area contributed by atoms with Gasteiger partial charge < -0.3 is 5.32 Å². The van der Waals surface area contributed by atoms with Gasteiger partial charge in [0.1, 0.15) is 0 Å². The summed E-state index contributed by atoms with van der Waals surface area (Å²) in [5, 5.41) is 4.60. The second-order valence-corrected chi connectivity index (χ2v) is 4.35. The Bertz CT molecular complexity index is 549. The Kier molecular flexibility index (Phi) is 4.33. The second-order valence-electron chi connectivity index (χ2n) is 4.35. The van der Waals surface area contributed by atoms with Crippen LogP contribution in [0.5, 0.6) is 0 Å². The van der Waals surface area contributed by atoms with Gasteiger partial charge in [-0.2, -0.15) is 0 Å². The lowest BCUT2D eigenvalue weighted by atomic mass is 9.97. The fraction of sp³-hybridized carbons (Fsp3) is 0.312. The van der Waals surface area contributed by atoms with Crippen LogP contribution in [0.15, 0.2) is 36.5 Å². The van der Waals surface area contributed by atoms with Crippen molar-refractivity contribution in [1.29, 1.82) is 0 Å². The van der Waals surface area contributed by atoms with E-state index in [2.05, 4.69) is 34.4 Å². The minimum absolute atomic E-state index is 0.339. The van der Waals surface area contributed by atoms with Crippen molar-refractivity contribution in [3.8, 4) is 12.3 Å².